The molecule has 0 unspecified atom stereocenters. The summed E-state index contributed by atoms with van der Waals surface area (Å²) in [6.07, 6.45) is -3.78. The molecule has 0 saturated carbocycles. The lowest BCUT2D eigenvalue weighted by Gasteiger charge is -2.16. The summed E-state index contributed by atoms with van der Waals surface area (Å²) in [5.74, 6) is -5.25. The number of nitrogens with zero attached hydrogens (tertiary/aromatic N) is 1. The summed E-state index contributed by atoms with van der Waals surface area (Å²) < 4.78 is 62.3. The molecule has 9 heteroatoms. The lowest BCUT2D eigenvalue weighted by molar-refractivity contribution is -0.125. The van der Waals surface area contributed by atoms with E-state index in [4.69, 9.17) is 10.9 Å². The van der Waals surface area contributed by atoms with Crippen LogP contribution in [0.4, 0.5) is 22.0 Å². The van der Waals surface area contributed by atoms with Crippen LogP contribution in [-0.4, -0.2) is 29.9 Å². The maximum absolute atomic E-state index is 13.2. The Bertz CT molecular complexity index is 493. The van der Waals surface area contributed by atoms with Gasteiger partial charge in [-0.2, -0.15) is 8.78 Å². The first-order valence-electron chi connectivity index (χ1n) is 5.40. The third-order valence-electron chi connectivity index (χ3n) is 2.37. The molecule has 0 aliphatic rings. The van der Waals surface area contributed by atoms with Crippen molar-refractivity contribution in [2.24, 2.45) is 10.9 Å². The Morgan fingerprint density at radius 1 is 1.35 bits per heavy atom. The maximum Gasteiger partial charge on any atom is 0.319 e. The van der Waals surface area contributed by atoms with Gasteiger partial charge in [-0.05, 0) is 23.8 Å². The molecule has 1 aromatic rings. The van der Waals surface area contributed by atoms with Crippen molar-refractivity contribution in [3.05, 3.63) is 35.1 Å². The van der Waals surface area contributed by atoms with Crippen molar-refractivity contribution in [3.63, 3.8) is 0 Å². The Morgan fingerprint density at radius 2 is 2.00 bits per heavy atom. The summed E-state index contributed by atoms with van der Waals surface area (Å²) in [7, 11) is 0. The first kappa shape index (κ1) is 16.2. The first-order valence-corrected chi connectivity index (χ1v) is 5.40. The summed E-state index contributed by atoms with van der Waals surface area (Å²) in [6, 6.07) is 3.28. The van der Waals surface area contributed by atoms with Gasteiger partial charge in [0.25, 0.3) is 0 Å². The second-order valence-corrected chi connectivity index (χ2v) is 4.00. The number of amidine groups is 1. The van der Waals surface area contributed by atoms with E-state index in [0.29, 0.717) is 0 Å². The van der Waals surface area contributed by atoms with Crippen LogP contribution in [0.2, 0.25) is 0 Å². The number of oxime groups is 1. The summed E-state index contributed by atoms with van der Waals surface area (Å²) in [5.41, 5.74) is 5.50. The molecule has 0 aliphatic carbocycles. The minimum absolute atomic E-state index is 0.0462. The molecule has 0 radical (unpaired) electrons. The molecule has 0 heterocycles. The average molecular weight is 297 g/mol. The van der Waals surface area contributed by atoms with Crippen molar-refractivity contribution < 1.29 is 27.2 Å². The largest absolute Gasteiger partial charge is 0.409 e. The van der Waals surface area contributed by atoms with Crippen molar-refractivity contribution in [2.75, 3.05) is 6.54 Å². The Morgan fingerprint density at radius 3 is 2.55 bits per heavy atom. The van der Waals surface area contributed by atoms with E-state index in [9.17, 15) is 22.0 Å². The van der Waals surface area contributed by atoms with Crippen LogP contribution >= 0.6 is 0 Å². The molecule has 1 aromatic carbocycles. The number of alkyl halides is 4. The fourth-order valence-corrected chi connectivity index (χ4v) is 1.41. The predicted molar refractivity (Wildman–Crippen MR) is 61.6 cm³/mol. The highest BCUT2D eigenvalue weighted by molar-refractivity contribution is 5.97. The standard InChI is InChI=1S/C11H12F5N3O/c12-8-2-6(1-7(3-8)9(17)19-20)4-18-5-11(15,16)10(13)14/h1-3,10,18,20H,4-5H2,(H2,17,19). The second-order valence-electron chi connectivity index (χ2n) is 4.00. The van der Waals surface area contributed by atoms with Gasteiger partial charge in [0.1, 0.15) is 5.82 Å². The molecule has 0 atom stereocenters. The van der Waals surface area contributed by atoms with Crippen molar-refractivity contribution in [1.29, 1.82) is 0 Å². The molecule has 0 amide bonds. The number of rotatable bonds is 6. The van der Waals surface area contributed by atoms with Crippen molar-refractivity contribution in [1.82, 2.24) is 5.32 Å². The SMILES string of the molecule is N/C(=N/O)c1cc(F)cc(CNCC(F)(F)C(F)F)c1. The van der Waals surface area contributed by atoms with Crippen molar-refractivity contribution in [2.45, 2.75) is 18.9 Å². The normalized spacial score (nSPS) is 13.0. The number of halogens is 5. The molecule has 4 nitrogen and oxygen atoms in total. The lowest BCUT2D eigenvalue weighted by atomic mass is 10.1. The molecular formula is C11H12F5N3O. The Labute approximate surface area is 111 Å². The number of hydrogen-bond donors (Lipinski definition) is 3. The van der Waals surface area contributed by atoms with Gasteiger partial charge in [-0.15, -0.1) is 0 Å². The fourth-order valence-electron chi connectivity index (χ4n) is 1.41. The second kappa shape index (κ2) is 6.51. The zero-order valence-electron chi connectivity index (χ0n) is 10.1. The monoisotopic (exact) mass is 297 g/mol. The highest BCUT2D eigenvalue weighted by atomic mass is 19.3. The summed E-state index contributed by atoms with van der Waals surface area (Å²) in [5, 5.41) is 13.2. The summed E-state index contributed by atoms with van der Waals surface area (Å²) >= 11 is 0. The number of hydrogen-bond acceptors (Lipinski definition) is 3. The van der Waals surface area contributed by atoms with E-state index in [-0.39, 0.29) is 23.5 Å². The van der Waals surface area contributed by atoms with Gasteiger partial charge in [-0.3, -0.25) is 0 Å². The molecule has 0 spiro atoms. The zero-order chi connectivity index (χ0) is 15.3. The van der Waals surface area contributed by atoms with E-state index < -0.39 is 24.7 Å². The van der Waals surface area contributed by atoms with Crippen molar-refractivity contribution >= 4 is 5.84 Å². The Hall–Kier alpha value is -1.90. The Balaban J connectivity index is 2.72. The van der Waals surface area contributed by atoms with E-state index in [0.717, 1.165) is 12.1 Å². The van der Waals surface area contributed by atoms with E-state index in [1.54, 1.807) is 0 Å². The number of benzene rings is 1. The quantitative estimate of drug-likeness (QED) is 0.247. The highest BCUT2D eigenvalue weighted by Crippen LogP contribution is 2.21. The molecule has 112 valence electrons. The number of nitrogens with one attached hydrogen (secondary N) is 1. The number of nitrogens with two attached hydrogens (primary N) is 1. The third-order valence-corrected chi connectivity index (χ3v) is 2.37. The molecule has 0 bridgehead atoms. The van der Waals surface area contributed by atoms with Crippen LogP contribution in [-0.2, 0) is 6.54 Å². The van der Waals surface area contributed by atoms with Crippen LogP contribution < -0.4 is 11.1 Å². The predicted octanol–water partition coefficient (Wildman–Crippen LogP) is 1.91. The van der Waals surface area contributed by atoms with Crippen LogP contribution in [0.1, 0.15) is 11.1 Å². The third kappa shape index (κ3) is 4.34. The Kier molecular flexibility index (Phi) is 5.26. The van der Waals surface area contributed by atoms with Gasteiger partial charge < -0.3 is 16.3 Å². The molecule has 0 saturated heterocycles. The molecule has 0 fully saturated rings. The smallest absolute Gasteiger partial charge is 0.319 e. The molecule has 0 aliphatic heterocycles. The maximum atomic E-state index is 13.2. The van der Waals surface area contributed by atoms with Crippen LogP contribution in [0.25, 0.3) is 0 Å². The summed E-state index contributed by atoms with van der Waals surface area (Å²) in [6.45, 7) is -1.52. The van der Waals surface area contributed by atoms with Crippen LogP contribution in [0.3, 0.4) is 0 Å². The minimum atomic E-state index is -4.16. The van der Waals surface area contributed by atoms with Gasteiger partial charge in [0.15, 0.2) is 5.84 Å². The zero-order valence-corrected chi connectivity index (χ0v) is 10.1. The van der Waals surface area contributed by atoms with E-state index in [1.165, 1.54) is 6.07 Å². The van der Waals surface area contributed by atoms with Gasteiger partial charge in [0.05, 0.1) is 6.54 Å². The topological polar surface area (TPSA) is 70.6 Å². The fraction of sp³-hybridized carbons (Fsp3) is 0.364. The molecule has 1 rings (SSSR count). The molecule has 4 N–H and O–H groups in total. The van der Waals surface area contributed by atoms with Gasteiger partial charge in [0, 0.05) is 12.1 Å². The van der Waals surface area contributed by atoms with Crippen LogP contribution in [0.5, 0.6) is 0 Å². The van der Waals surface area contributed by atoms with Gasteiger partial charge in [-0.1, -0.05) is 5.16 Å². The average Bonchev–Trinajstić information content (AvgIpc) is 2.36. The first-order chi connectivity index (χ1) is 9.26. The van der Waals surface area contributed by atoms with Gasteiger partial charge in [-0.25, -0.2) is 13.2 Å². The van der Waals surface area contributed by atoms with Crippen molar-refractivity contribution in [3.8, 4) is 0 Å². The highest BCUT2D eigenvalue weighted by Gasteiger charge is 2.39. The van der Waals surface area contributed by atoms with Gasteiger partial charge >= 0.3 is 12.3 Å². The lowest BCUT2D eigenvalue weighted by Crippen LogP contribution is -2.38. The van der Waals surface area contributed by atoms with Crippen LogP contribution in [0, 0.1) is 5.82 Å². The minimum Gasteiger partial charge on any atom is -0.409 e. The van der Waals surface area contributed by atoms with E-state index >= 15 is 0 Å². The molecular weight excluding hydrogens is 285 g/mol. The van der Waals surface area contributed by atoms with Crippen LogP contribution in [0.15, 0.2) is 23.4 Å². The molecule has 20 heavy (non-hydrogen) atoms. The van der Waals surface area contributed by atoms with Gasteiger partial charge in [0.2, 0.25) is 0 Å². The summed E-state index contributed by atoms with van der Waals surface area (Å²) in [4.78, 5) is 0. The van der Waals surface area contributed by atoms with E-state index in [1.807, 2.05) is 0 Å². The molecule has 0 aromatic heterocycles. The van der Waals surface area contributed by atoms with E-state index in [2.05, 4.69) is 10.5 Å².